The van der Waals surface area contributed by atoms with E-state index in [0.717, 1.165) is 0 Å². The van der Waals surface area contributed by atoms with Gasteiger partial charge in [0, 0.05) is 19.1 Å². The van der Waals surface area contributed by atoms with E-state index in [0.29, 0.717) is 0 Å². The molecule has 0 bridgehead atoms. The van der Waals surface area contributed by atoms with E-state index in [1.165, 1.54) is 5.69 Å². The van der Waals surface area contributed by atoms with Gasteiger partial charge in [-0.05, 0) is 0 Å². The molecule has 0 saturated heterocycles. The summed E-state index contributed by atoms with van der Waals surface area (Å²) < 4.78 is 61.0. The standard InChI is InChI=1S/C7H10N.CHF3O3S/c1-7-5-3-4-6-8(7)2;2-1(3,4)8(5,6)7/h3-6H,1-2H3;(H,5,6,7)/q+1;/p-1. The van der Waals surface area contributed by atoms with Crippen LogP contribution in [-0.2, 0) is 17.2 Å². The lowest BCUT2D eigenvalue weighted by atomic mass is 10.4. The topological polar surface area (TPSA) is 61.1 Å². The number of hydrogen-bond donors (Lipinski definition) is 0. The van der Waals surface area contributed by atoms with Crippen molar-refractivity contribution in [3.05, 3.63) is 30.1 Å². The molecule has 0 fully saturated rings. The summed E-state index contributed by atoms with van der Waals surface area (Å²) in [5.41, 5.74) is -4.36. The summed E-state index contributed by atoms with van der Waals surface area (Å²) in [6.45, 7) is 2.08. The number of pyridine rings is 1. The molecule has 0 aliphatic rings. The zero-order valence-corrected chi connectivity index (χ0v) is 9.34. The van der Waals surface area contributed by atoms with Crippen LogP contribution in [0.2, 0.25) is 0 Å². The lowest BCUT2D eigenvalue weighted by Crippen LogP contribution is -2.30. The zero-order chi connectivity index (χ0) is 13.0. The Hall–Kier alpha value is -1.15. The van der Waals surface area contributed by atoms with Gasteiger partial charge in [0.1, 0.15) is 7.05 Å². The fourth-order valence-electron chi connectivity index (χ4n) is 0.609. The average Bonchev–Trinajstić information content (AvgIpc) is 2.08. The van der Waals surface area contributed by atoms with Gasteiger partial charge in [-0.25, -0.2) is 13.0 Å². The minimum Gasteiger partial charge on any atom is -0.741 e. The SMILES string of the molecule is Cc1cccc[n+]1C.O=S(=O)([O-])C(F)(F)F. The van der Waals surface area contributed by atoms with Gasteiger partial charge in [-0.2, -0.15) is 13.2 Å². The Morgan fingerprint density at radius 1 is 1.31 bits per heavy atom. The van der Waals surface area contributed by atoms with Crippen LogP contribution in [0.4, 0.5) is 13.2 Å². The van der Waals surface area contributed by atoms with Crippen LogP contribution < -0.4 is 4.57 Å². The molecule has 0 spiro atoms. The second-order valence-electron chi connectivity index (χ2n) is 2.85. The van der Waals surface area contributed by atoms with Crippen molar-refractivity contribution in [3.8, 4) is 0 Å². The zero-order valence-electron chi connectivity index (χ0n) is 8.52. The number of nitrogens with zero attached hydrogens (tertiary/aromatic N) is 1. The summed E-state index contributed by atoms with van der Waals surface area (Å²) in [4.78, 5) is 0. The molecule has 0 saturated carbocycles. The van der Waals surface area contributed by atoms with Gasteiger partial charge in [0.15, 0.2) is 22.0 Å². The first-order chi connectivity index (χ1) is 7.05. The predicted octanol–water partition coefficient (Wildman–Crippen LogP) is 0.871. The molecule has 1 aromatic heterocycles. The van der Waals surface area contributed by atoms with Crippen LogP contribution in [0.3, 0.4) is 0 Å². The van der Waals surface area contributed by atoms with E-state index in [9.17, 15) is 13.2 Å². The summed E-state index contributed by atoms with van der Waals surface area (Å²) in [5, 5.41) is 0. The van der Waals surface area contributed by atoms with E-state index >= 15 is 0 Å². The van der Waals surface area contributed by atoms with Gasteiger partial charge < -0.3 is 4.55 Å². The fraction of sp³-hybridized carbons (Fsp3) is 0.375. The molecule has 0 amide bonds. The molecule has 4 nitrogen and oxygen atoms in total. The van der Waals surface area contributed by atoms with Crippen molar-refractivity contribution < 1.29 is 30.7 Å². The van der Waals surface area contributed by atoms with Crippen LogP contribution in [-0.4, -0.2) is 18.5 Å². The molecule has 1 aromatic rings. The Balaban J connectivity index is 0.000000281. The maximum Gasteiger partial charge on any atom is 0.485 e. The normalized spacial score (nSPS) is 11.6. The largest absolute Gasteiger partial charge is 0.741 e. The second kappa shape index (κ2) is 5.26. The van der Waals surface area contributed by atoms with E-state index in [1.54, 1.807) is 0 Å². The molecule has 8 heteroatoms. The molecule has 92 valence electrons. The highest BCUT2D eigenvalue weighted by molar-refractivity contribution is 7.86. The molecule has 16 heavy (non-hydrogen) atoms. The Morgan fingerprint density at radius 3 is 1.94 bits per heavy atom. The van der Waals surface area contributed by atoms with Crippen molar-refractivity contribution in [1.82, 2.24) is 0 Å². The molecule has 0 unspecified atom stereocenters. The maximum atomic E-state index is 10.7. The molecule has 1 rings (SSSR count). The summed E-state index contributed by atoms with van der Waals surface area (Å²) in [7, 11) is -4.05. The van der Waals surface area contributed by atoms with Crippen molar-refractivity contribution in [2.45, 2.75) is 12.4 Å². The van der Waals surface area contributed by atoms with E-state index < -0.39 is 15.6 Å². The van der Waals surface area contributed by atoms with E-state index in [2.05, 4.69) is 17.6 Å². The lowest BCUT2D eigenvalue weighted by Gasteiger charge is -2.08. The fourth-order valence-corrected chi connectivity index (χ4v) is 0.609. The van der Waals surface area contributed by atoms with E-state index in [-0.39, 0.29) is 0 Å². The number of halogens is 3. The molecule has 0 aliphatic carbocycles. The highest BCUT2D eigenvalue weighted by Crippen LogP contribution is 2.20. The summed E-state index contributed by atoms with van der Waals surface area (Å²) in [6, 6.07) is 6.14. The van der Waals surface area contributed by atoms with Crippen molar-refractivity contribution in [3.63, 3.8) is 0 Å². The number of alkyl halides is 3. The van der Waals surface area contributed by atoms with Gasteiger partial charge in [0.25, 0.3) is 0 Å². The van der Waals surface area contributed by atoms with Gasteiger partial charge in [-0.1, -0.05) is 6.07 Å². The van der Waals surface area contributed by atoms with Gasteiger partial charge in [-0.15, -0.1) is 0 Å². The molecule has 0 radical (unpaired) electrons. The number of aryl methyl sites for hydroxylation is 2. The molecule has 1 heterocycles. The molecule has 0 aromatic carbocycles. The summed E-state index contributed by atoms with van der Waals surface area (Å²) in [6.07, 6.45) is 2.04. The van der Waals surface area contributed by atoms with Crippen LogP contribution in [0.15, 0.2) is 24.4 Å². The molecule has 0 N–H and O–H groups in total. The van der Waals surface area contributed by atoms with Crippen LogP contribution in [0.1, 0.15) is 5.69 Å². The third-order valence-corrected chi connectivity index (χ3v) is 2.16. The molecular weight excluding hydrogens is 247 g/mol. The second-order valence-corrected chi connectivity index (χ2v) is 4.22. The van der Waals surface area contributed by atoms with E-state index in [4.69, 9.17) is 13.0 Å². The van der Waals surface area contributed by atoms with Gasteiger partial charge >= 0.3 is 5.51 Å². The Morgan fingerprint density at radius 2 is 1.75 bits per heavy atom. The molecular formula is C8H10F3NO3S. The summed E-state index contributed by atoms with van der Waals surface area (Å²) in [5.74, 6) is 0. The average molecular weight is 257 g/mol. The van der Waals surface area contributed by atoms with Crippen molar-refractivity contribution >= 4 is 10.1 Å². The van der Waals surface area contributed by atoms with Crippen molar-refractivity contribution in [1.29, 1.82) is 0 Å². The highest BCUT2D eigenvalue weighted by Gasteiger charge is 2.36. The third kappa shape index (κ3) is 5.08. The van der Waals surface area contributed by atoms with Gasteiger partial charge in [0.05, 0.1) is 0 Å². The highest BCUT2D eigenvalue weighted by atomic mass is 32.2. The van der Waals surface area contributed by atoms with Crippen molar-refractivity contribution in [2.75, 3.05) is 0 Å². The minimum absolute atomic E-state index is 1.28. The number of aromatic nitrogens is 1. The quantitative estimate of drug-likeness (QED) is 0.393. The predicted molar refractivity (Wildman–Crippen MR) is 48.1 cm³/mol. The number of rotatable bonds is 0. The minimum atomic E-state index is -6.09. The van der Waals surface area contributed by atoms with E-state index in [1.807, 2.05) is 25.4 Å². The Kier molecular flexibility index (Phi) is 4.88. The van der Waals surface area contributed by atoms with Gasteiger partial charge in [-0.3, -0.25) is 0 Å². The Bertz CT molecular complexity index is 421. The van der Waals surface area contributed by atoms with Crippen LogP contribution in [0.25, 0.3) is 0 Å². The smallest absolute Gasteiger partial charge is 0.485 e. The third-order valence-electron chi connectivity index (χ3n) is 1.60. The van der Waals surface area contributed by atoms with Crippen molar-refractivity contribution in [2.24, 2.45) is 7.05 Å². The first-order valence-corrected chi connectivity index (χ1v) is 5.40. The Labute approximate surface area is 91.1 Å². The lowest BCUT2D eigenvalue weighted by molar-refractivity contribution is -0.677. The van der Waals surface area contributed by atoms with Crippen LogP contribution in [0.5, 0.6) is 0 Å². The van der Waals surface area contributed by atoms with Crippen LogP contribution in [0, 0.1) is 6.92 Å². The summed E-state index contributed by atoms with van der Waals surface area (Å²) >= 11 is 0. The molecule has 0 atom stereocenters. The van der Waals surface area contributed by atoms with Crippen LogP contribution >= 0.6 is 0 Å². The maximum absolute atomic E-state index is 10.7. The first kappa shape index (κ1) is 14.8. The van der Waals surface area contributed by atoms with Gasteiger partial charge in [0.2, 0.25) is 0 Å². The number of hydrogen-bond acceptors (Lipinski definition) is 3. The molecule has 0 aliphatic heterocycles. The first-order valence-electron chi connectivity index (χ1n) is 3.99. The monoisotopic (exact) mass is 257 g/mol.